The number of imidazole rings is 1. The van der Waals surface area contributed by atoms with Crippen LogP contribution in [-0.2, 0) is 16.6 Å². The zero-order chi connectivity index (χ0) is 21.3. The molecule has 1 spiro atoms. The summed E-state index contributed by atoms with van der Waals surface area (Å²) >= 11 is 1.25. The largest absolute Gasteiger partial charge is 0.344 e. The maximum Gasteiger partial charge on any atom is 0.344 e. The molecule has 1 aliphatic heterocycles. The summed E-state index contributed by atoms with van der Waals surface area (Å²) in [6.07, 6.45) is 4.74. The van der Waals surface area contributed by atoms with Gasteiger partial charge in [0.05, 0.1) is 17.6 Å². The Kier molecular flexibility index (Phi) is 5.55. The number of amides is 4. The van der Waals surface area contributed by atoms with Crippen LogP contribution in [0.5, 0.6) is 0 Å². The van der Waals surface area contributed by atoms with Gasteiger partial charge in [0.1, 0.15) is 5.54 Å². The second-order valence-electron chi connectivity index (χ2n) is 8.01. The minimum atomic E-state index is -0.867. The number of rotatable bonds is 5. The van der Waals surface area contributed by atoms with Gasteiger partial charge in [-0.1, -0.05) is 49.0 Å². The lowest BCUT2D eigenvalue weighted by atomic mass is 9.77. The van der Waals surface area contributed by atoms with Gasteiger partial charge in [-0.2, -0.15) is 5.01 Å². The Morgan fingerprint density at radius 1 is 1.27 bits per heavy atom. The second-order valence-corrected chi connectivity index (χ2v) is 8.95. The van der Waals surface area contributed by atoms with Gasteiger partial charge in [0.2, 0.25) is 5.91 Å². The van der Waals surface area contributed by atoms with Gasteiger partial charge in [0.15, 0.2) is 5.16 Å². The van der Waals surface area contributed by atoms with Gasteiger partial charge in [-0.25, -0.2) is 9.78 Å². The molecule has 1 saturated heterocycles. The highest BCUT2D eigenvalue weighted by Gasteiger charge is 2.52. The number of benzene rings is 1. The minimum Gasteiger partial charge on any atom is -0.322 e. The van der Waals surface area contributed by atoms with Gasteiger partial charge in [-0.15, -0.1) is 0 Å². The van der Waals surface area contributed by atoms with E-state index in [0.29, 0.717) is 23.9 Å². The first-order valence-electron chi connectivity index (χ1n) is 10.1. The molecule has 4 amide bonds. The van der Waals surface area contributed by atoms with Gasteiger partial charge < -0.3 is 9.88 Å². The fourth-order valence-corrected chi connectivity index (χ4v) is 4.75. The molecule has 1 saturated carbocycles. The SMILES string of the molecule is CC1CCC2(CC1)NC(=O)N(NC(=O)CSc1ncc(-c3ccccc3)n1C)C2=O. The molecule has 4 rings (SSSR count). The van der Waals surface area contributed by atoms with Crippen LogP contribution in [0.2, 0.25) is 0 Å². The molecule has 158 valence electrons. The van der Waals surface area contributed by atoms with Crippen molar-refractivity contribution in [1.82, 2.24) is 25.3 Å². The number of nitrogens with zero attached hydrogens (tertiary/aromatic N) is 3. The molecule has 1 aromatic heterocycles. The Balaban J connectivity index is 1.36. The third kappa shape index (κ3) is 3.81. The molecule has 1 aromatic carbocycles. The van der Waals surface area contributed by atoms with Crippen molar-refractivity contribution in [1.29, 1.82) is 0 Å². The van der Waals surface area contributed by atoms with E-state index in [4.69, 9.17) is 0 Å². The van der Waals surface area contributed by atoms with Crippen molar-refractivity contribution in [2.75, 3.05) is 5.75 Å². The van der Waals surface area contributed by atoms with Crippen LogP contribution in [0.3, 0.4) is 0 Å². The molecular weight excluding hydrogens is 402 g/mol. The third-order valence-corrected chi connectivity index (χ3v) is 6.92. The number of imide groups is 1. The lowest BCUT2D eigenvalue weighted by Crippen LogP contribution is -2.51. The van der Waals surface area contributed by atoms with Crippen LogP contribution < -0.4 is 10.7 Å². The van der Waals surface area contributed by atoms with Gasteiger partial charge in [-0.3, -0.25) is 15.0 Å². The Labute approximate surface area is 179 Å². The predicted molar refractivity (Wildman–Crippen MR) is 113 cm³/mol. The van der Waals surface area contributed by atoms with Crippen molar-refractivity contribution in [3.8, 4) is 11.3 Å². The van der Waals surface area contributed by atoms with E-state index in [9.17, 15) is 14.4 Å². The van der Waals surface area contributed by atoms with E-state index in [1.165, 1.54) is 11.8 Å². The molecular formula is C21H25N5O3S. The number of hydrogen-bond donors (Lipinski definition) is 2. The van der Waals surface area contributed by atoms with Crippen molar-refractivity contribution >= 4 is 29.6 Å². The molecule has 1 aliphatic carbocycles. The highest BCUT2D eigenvalue weighted by molar-refractivity contribution is 7.99. The lowest BCUT2D eigenvalue weighted by molar-refractivity contribution is -0.139. The van der Waals surface area contributed by atoms with Gasteiger partial charge >= 0.3 is 6.03 Å². The van der Waals surface area contributed by atoms with Crippen LogP contribution in [0.25, 0.3) is 11.3 Å². The fourth-order valence-electron chi connectivity index (χ4n) is 4.01. The Morgan fingerprint density at radius 2 is 1.97 bits per heavy atom. The summed E-state index contributed by atoms with van der Waals surface area (Å²) in [5, 5.41) is 4.32. The topological polar surface area (TPSA) is 96.3 Å². The Hall–Kier alpha value is -2.81. The number of thioether (sulfide) groups is 1. The van der Waals surface area contributed by atoms with Crippen molar-refractivity contribution < 1.29 is 14.4 Å². The molecule has 0 atom stereocenters. The highest BCUT2D eigenvalue weighted by atomic mass is 32.2. The van der Waals surface area contributed by atoms with E-state index in [1.54, 1.807) is 6.20 Å². The third-order valence-electron chi connectivity index (χ3n) is 5.87. The molecule has 9 heteroatoms. The maximum atomic E-state index is 12.8. The van der Waals surface area contributed by atoms with E-state index in [2.05, 4.69) is 22.7 Å². The van der Waals surface area contributed by atoms with Crippen LogP contribution in [0, 0.1) is 5.92 Å². The van der Waals surface area contributed by atoms with Crippen molar-refractivity contribution in [3.63, 3.8) is 0 Å². The number of nitrogens with one attached hydrogen (secondary N) is 2. The van der Waals surface area contributed by atoms with Gasteiger partial charge in [-0.05, 0) is 37.2 Å². The summed E-state index contributed by atoms with van der Waals surface area (Å²) in [4.78, 5) is 42.0. The molecule has 0 unspecified atom stereocenters. The molecule has 0 radical (unpaired) electrons. The molecule has 2 aromatic rings. The van der Waals surface area contributed by atoms with Crippen molar-refractivity contribution in [2.45, 2.75) is 43.3 Å². The number of aromatic nitrogens is 2. The van der Waals surface area contributed by atoms with E-state index in [-0.39, 0.29) is 11.7 Å². The predicted octanol–water partition coefficient (Wildman–Crippen LogP) is 2.71. The number of urea groups is 1. The summed E-state index contributed by atoms with van der Waals surface area (Å²) in [5.74, 6) is -0.200. The lowest BCUT2D eigenvalue weighted by Gasteiger charge is -2.33. The van der Waals surface area contributed by atoms with Crippen LogP contribution in [0.1, 0.15) is 32.6 Å². The first-order chi connectivity index (χ1) is 14.4. The van der Waals surface area contributed by atoms with Crippen LogP contribution in [0.4, 0.5) is 4.79 Å². The summed E-state index contributed by atoms with van der Waals surface area (Å²) in [6, 6.07) is 9.31. The minimum absolute atomic E-state index is 0.0418. The van der Waals surface area contributed by atoms with Crippen LogP contribution >= 0.6 is 11.8 Å². The summed E-state index contributed by atoms with van der Waals surface area (Å²) in [6.45, 7) is 2.14. The van der Waals surface area contributed by atoms with Crippen LogP contribution in [0.15, 0.2) is 41.7 Å². The molecule has 2 heterocycles. The molecule has 2 aliphatic rings. The number of carbonyl (C=O) groups excluding carboxylic acids is 3. The standard InChI is InChI=1S/C21H25N5O3S/c1-14-8-10-21(11-9-14)18(28)26(19(29)23-21)24-17(27)13-30-20-22-12-16(25(20)2)15-6-4-3-5-7-15/h3-7,12,14H,8-11,13H2,1-2H3,(H,23,29)(H,24,27). The van der Waals surface area contributed by atoms with E-state index in [0.717, 1.165) is 29.1 Å². The Bertz CT molecular complexity index is 966. The van der Waals surface area contributed by atoms with E-state index in [1.807, 2.05) is 41.9 Å². The molecule has 30 heavy (non-hydrogen) atoms. The molecule has 8 nitrogen and oxygen atoms in total. The van der Waals surface area contributed by atoms with Gasteiger partial charge in [0.25, 0.3) is 5.91 Å². The first-order valence-corrected chi connectivity index (χ1v) is 11.0. The zero-order valence-electron chi connectivity index (χ0n) is 17.1. The van der Waals surface area contributed by atoms with Crippen molar-refractivity contribution in [3.05, 3.63) is 36.5 Å². The molecule has 0 bridgehead atoms. The highest BCUT2D eigenvalue weighted by Crippen LogP contribution is 2.35. The summed E-state index contributed by atoms with van der Waals surface area (Å²) in [7, 11) is 1.89. The van der Waals surface area contributed by atoms with Crippen molar-refractivity contribution in [2.24, 2.45) is 13.0 Å². The maximum absolute atomic E-state index is 12.8. The zero-order valence-corrected chi connectivity index (χ0v) is 17.9. The number of hydrazine groups is 1. The average molecular weight is 428 g/mol. The second kappa shape index (κ2) is 8.14. The first kappa shape index (κ1) is 20.5. The van der Waals surface area contributed by atoms with E-state index >= 15 is 0 Å². The average Bonchev–Trinajstić information content (AvgIpc) is 3.22. The fraction of sp³-hybridized carbons (Fsp3) is 0.429. The normalized spacial score (nSPS) is 23.7. The monoisotopic (exact) mass is 427 g/mol. The summed E-state index contributed by atoms with van der Waals surface area (Å²) in [5.41, 5.74) is 3.58. The molecule has 2 fully saturated rings. The molecule has 2 N–H and O–H groups in total. The quantitative estimate of drug-likeness (QED) is 0.565. The summed E-state index contributed by atoms with van der Waals surface area (Å²) < 4.78 is 1.92. The smallest absolute Gasteiger partial charge is 0.322 e. The number of hydrogen-bond acceptors (Lipinski definition) is 5. The van der Waals surface area contributed by atoms with E-state index < -0.39 is 17.5 Å². The Morgan fingerprint density at radius 3 is 2.67 bits per heavy atom. The number of carbonyl (C=O) groups is 3. The van der Waals surface area contributed by atoms with Crippen LogP contribution in [-0.4, -0.2) is 43.7 Å². The van der Waals surface area contributed by atoms with Gasteiger partial charge in [0, 0.05) is 7.05 Å².